The molecule has 1 saturated carbocycles. The van der Waals surface area contributed by atoms with Gasteiger partial charge < -0.3 is 9.84 Å². The van der Waals surface area contributed by atoms with Crippen LogP contribution in [0, 0.1) is 0 Å². The minimum absolute atomic E-state index is 0.487. The zero-order chi connectivity index (χ0) is 12.6. The standard InChI is InChI=1S/C15H18O3/c16-14(17)15(7-1-8-15)13-4-2-11(3-5-13)12-6-9-18-10-12/h2-5,12H,1,6-10H2,(H,16,17). The molecule has 0 aromatic heterocycles. The fourth-order valence-corrected chi connectivity index (χ4v) is 3.03. The van der Waals surface area contributed by atoms with Crippen molar-refractivity contribution in [2.24, 2.45) is 0 Å². The first-order valence-corrected chi connectivity index (χ1v) is 6.64. The van der Waals surface area contributed by atoms with E-state index >= 15 is 0 Å². The molecule has 18 heavy (non-hydrogen) atoms. The summed E-state index contributed by atoms with van der Waals surface area (Å²) in [6, 6.07) is 8.16. The van der Waals surface area contributed by atoms with Crippen molar-refractivity contribution in [3.63, 3.8) is 0 Å². The van der Waals surface area contributed by atoms with E-state index in [9.17, 15) is 9.90 Å². The summed E-state index contributed by atoms with van der Waals surface area (Å²) in [6.45, 7) is 1.63. The molecule has 1 aliphatic carbocycles. The number of hydrogen-bond donors (Lipinski definition) is 1. The number of carboxylic acids is 1. The second-order valence-corrected chi connectivity index (χ2v) is 5.42. The van der Waals surface area contributed by atoms with Gasteiger partial charge in [-0.15, -0.1) is 0 Å². The van der Waals surface area contributed by atoms with E-state index in [1.165, 1.54) is 5.56 Å². The van der Waals surface area contributed by atoms with Crippen LogP contribution < -0.4 is 0 Å². The Hall–Kier alpha value is -1.35. The van der Waals surface area contributed by atoms with Gasteiger partial charge in [-0.3, -0.25) is 4.79 Å². The van der Waals surface area contributed by atoms with Gasteiger partial charge in [0.05, 0.1) is 12.0 Å². The lowest BCUT2D eigenvalue weighted by Crippen LogP contribution is -2.42. The maximum absolute atomic E-state index is 11.4. The second kappa shape index (κ2) is 4.39. The van der Waals surface area contributed by atoms with Crippen molar-refractivity contribution >= 4 is 5.97 Å². The Bertz CT molecular complexity index is 439. The molecule has 0 amide bonds. The Morgan fingerprint density at radius 2 is 2.00 bits per heavy atom. The average Bonchev–Trinajstić information content (AvgIpc) is 2.81. The summed E-state index contributed by atoms with van der Waals surface area (Å²) in [5.41, 5.74) is 1.63. The van der Waals surface area contributed by atoms with E-state index in [1.807, 2.05) is 12.1 Å². The number of ether oxygens (including phenoxy) is 1. The molecule has 1 aliphatic heterocycles. The molecule has 0 bridgehead atoms. The molecule has 1 heterocycles. The highest BCUT2D eigenvalue weighted by Crippen LogP contribution is 2.44. The van der Waals surface area contributed by atoms with Crippen molar-refractivity contribution in [2.75, 3.05) is 13.2 Å². The first kappa shape index (κ1) is 11.7. The Morgan fingerprint density at radius 3 is 2.44 bits per heavy atom. The summed E-state index contributed by atoms with van der Waals surface area (Å²) in [4.78, 5) is 11.4. The van der Waals surface area contributed by atoms with Gasteiger partial charge in [0.15, 0.2) is 0 Å². The van der Waals surface area contributed by atoms with E-state index in [0.717, 1.165) is 44.5 Å². The third-order valence-corrected chi connectivity index (χ3v) is 4.48. The zero-order valence-corrected chi connectivity index (χ0v) is 10.4. The molecule has 96 valence electrons. The van der Waals surface area contributed by atoms with E-state index in [1.54, 1.807) is 0 Å². The molecule has 2 aliphatic rings. The van der Waals surface area contributed by atoms with Gasteiger partial charge in [0, 0.05) is 12.5 Å². The molecule has 3 nitrogen and oxygen atoms in total. The number of benzene rings is 1. The van der Waals surface area contributed by atoms with Crippen LogP contribution in [-0.2, 0) is 14.9 Å². The van der Waals surface area contributed by atoms with Crippen molar-refractivity contribution in [3.8, 4) is 0 Å². The quantitative estimate of drug-likeness (QED) is 0.892. The maximum Gasteiger partial charge on any atom is 0.314 e. The monoisotopic (exact) mass is 246 g/mol. The molecule has 1 N–H and O–H groups in total. The summed E-state index contributed by atoms with van der Waals surface area (Å²) in [5.74, 6) is -0.188. The van der Waals surface area contributed by atoms with E-state index < -0.39 is 11.4 Å². The molecule has 3 rings (SSSR count). The summed E-state index contributed by atoms with van der Waals surface area (Å²) >= 11 is 0. The molecule has 1 aromatic rings. The van der Waals surface area contributed by atoms with Crippen molar-refractivity contribution in [3.05, 3.63) is 35.4 Å². The molecule has 1 atom stereocenters. The fourth-order valence-electron chi connectivity index (χ4n) is 3.03. The van der Waals surface area contributed by atoms with Gasteiger partial charge in [-0.05, 0) is 30.4 Å². The van der Waals surface area contributed by atoms with Gasteiger partial charge in [0.2, 0.25) is 0 Å². The minimum atomic E-state index is -0.675. The van der Waals surface area contributed by atoms with Gasteiger partial charge in [0.25, 0.3) is 0 Å². The van der Waals surface area contributed by atoms with Crippen LogP contribution in [0.5, 0.6) is 0 Å². The van der Waals surface area contributed by atoms with Gasteiger partial charge in [0.1, 0.15) is 0 Å². The minimum Gasteiger partial charge on any atom is -0.481 e. The zero-order valence-electron chi connectivity index (χ0n) is 10.4. The van der Waals surface area contributed by atoms with E-state index in [4.69, 9.17) is 4.74 Å². The summed E-state index contributed by atoms with van der Waals surface area (Å²) in [6.07, 6.45) is 3.64. The van der Waals surface area contributed by atoms with E-state index in [-0.39, 0.29) is 0 Å². The number of hydrogen-bond acceptors (Lipinski definition) is 2. The Balaban J connectivity index is 1.84. The number of aliphatic carboxylic acids is 1. The van der Waals surface area contributed by atoms with E-state index in [0.29, 0.717) is 5.92 Å². The Morgan fingerprint density at radius 1 is 1.28 bits per heavy atom. The third kappa shape index (κ3) is 1.74. The lowest BCUT2D eigenvalue weighted by Gasteiger charge is -2.38. The number of carboxylic acid groups (broad SMARTS) is 1. The highest BCUT2D eigenvalue weighted by Gasteiger charge is 2.45. The SMILES string of the molecule is O=C(O)C1(c2ccc(C3CCOC3)cc2)CCC1. The van der Waals surface area contributed by atoms with Gasteiger partial charge in [-0.1, -0.05) is 30.7 Å². The van der Waals surface area contributed by atoms with Crippen LogP contribution in [0.15, 0.2) is 24.3 Å². The first-order valence-electron chi connectivity index (χ1n) is 6.64. The Labute approximate surface area is 107 Å². The summed E-state index contributed by atoms with van der Waals surface area (Å²) in [7, 11) is 0. The first-order chi connectivity index (χ1) is 8.72. The smallest absolute Gasteiger partial charge is 0.314 e. The van der Waals surface area contributed by atoms with Crippen molar-refractivity contribution in [2.45, 2.75) is 37.0 Å². The number of rotatable bonds is 3. The van der Waals surface area contributed by atoms with E-state index in [2.05, 4.69) is 12.1 Å². The predicted octanol–water partition coefficient (Wildman–Crippen LogP) is 2.70. The Kier molecular flexibility index (Phi) is 2.86. The topological polar surface area (TPSA) is 46.5 Å². The highest BCUT2D eigenvalue weighted by atomic mass is 16.5. The van der Waals surface area contributed by atoms with Gasteiger partial charge in [-0.25, -0.2) is 0 Å². The van der Waals surface area contributed by atoms with Crippen LogP contribution in [0.4, 0.5) is 0 Å². The fraction of sp³-hybridized carbons (Fsp3) is 0.533. The largest absolute Gasteiger partial charge is 0.481 e. The lowest BCUT2D eigenvalue weighted by molar-refractivity contribution is -0.147. The third-order valence-electron chi connectivity index (χ3n) is 4.48. The summed E-state index contributed by atoms with van der Waals surface area (Å²) < 4.78 is 5.39. The normalized spacial score (nSPS) is 25.7. The average molecular weight is 246 g/mol. The molecule has 1 aromatic carbocycles. The molecule has 1 saturated heterocycles. The van der Waals surface area contributed by atoms with Crippen molar-refractivity contribution in [1.82, 2.24) is 0 Å². The van der Waals surface area contributed by atoms with Crippen LogP contribution in [0.3, 0.4) is 0 Å². The van der Waals surface area contributed by atoms with Gasteiger partial charge in [-0.2, -0.15) is 0 Å². The van der Waals surface area contributed by atoms with Crippen LogP contribution in [0.25, 0.3) is 0 Å². The highest BCUT2D eigenvalue weighted by molar-refractivity contribution is 5.82. The van der Waals surface area contributed by atoms with Crippen LogP contribution in [-0.4, -0.2) is 24.3 Å². The molecule has 0 spiro atoms. The molecule has 0 radical (unpaired) electrons. The molecule has 2 fully saturated rings. The van der Waals surface area contributed by atoms with Crippen LogP contribution in [0.1, 0.15) is 42.7 Å². The van der Waals surface area contributed by atoms with Crippen LogP contribution in [0.2, 0.25) is 0 Å². The molecular weight excluding hydrogens is 228 g/mol. The molecular formula is C15H18O3. The van der Waals surface area contributed by atoms with Crippen molar-refractivity contribution in [1.29, 1.82) is 0 Å². The van der Waals surface area contributed by atoms with Gasteiger partial charge >= 0.3 is 5.97 Å². The summed E-state index contributed by atoms with van der Waals surface area (Å²) in [5, 5.41) is 9.40. The molecule has 1 unspecified atom stereocenters. The maximum atomic E-state index is 11.4. The predicted molar refractivity (Wildman–Crippen MR) is 67.8 cm³/mol. The van der Waals surface area contributed by atoms with Crippen LogP contribution >= 0.6 is 0 Å². The molecule has 3 heteroatoms. The lowest BCUT2D eigenvalue weighted by atomic mass is 9.64. The van der Waals surface area contributed by atoms with Crippen molar-refractivity contribution < 1.29 is 14.6 Å². The second-order valence-electron chi connectivity index (χ2n) is 5.42. The number of carbonyl (C=O) groups is 1.